The molecule has 2 aromatic carbocycles. The molecular formula is C15H13N5O2. The lowest BCUT2D eigenvalue weighted by Crippen LogP contribution is -2.07. The van der Waals surface area contributed by atoms with Crippen LogP contribution in [-0.4, -0.2) is 19.0 Å². The van der Waals surface area contributed by atoms with E-state index < -0.39 is 4.92 Å². The van der Waals surface area contributed by atoms with E-state index in [0.29, 0.717) is 11.4 Å². The number of benzene rings is 2. The first kappa shape index (κ1) is 15.1. The van der Waals surface area contributed by atoms with Crippen LogP contribution in [-0.2, 0) is 0 Å². The molecule has 0 aliphatic carbocycles. The van der Waals surface area contributed by atoms with Crippen molar-refractivity contribution in [2.75, 3.05) is 19.0 Å². The minimum atomic E-state index is -0.598. The number of nitro benzene ring substituents is 1. The van der Waals surface area contributed by atoms with Gasteiger partial charge in [0.15, 0.2) is 0 Å². The van der Waals surface area contributed by atoms with E-state index in [0.717, 1.165) is 5.69 Å². The van der Waals surface area contributed by atoms with Gasteiger partial charge in [-0.25, -0.2) is 0 Å². The van der Waals surface area contributed by atoms with Gasteiger partial charge in [-0.05, 0) is 36.4 Å². The average molecular weight is 295 g/mol. The standard InChI is InChI=1S/C15H13N5O2/c1-19(2)14-6-3-12(4-7-14)17-18-13-5-8-15(20(21)22)11(9-13)10-16/h3-9H,1-2H3. The van der Waals surface area contributed by atoms with Crippen molar-refractivity contribution < 1.29 is 4.92 Å². The maximum atomic E-state index is 10.8. The Morgan fingerprint density at radius 1 is 1.09 bits per heavy atom. The summed E-state index contributed by atoms with van der Waals surface area (Å²) in [6, 6.07) is 13.3. The van der Waals surface area contributed by atoms with Gasteiger partial charge in [0.1, 0.15) is 11.6 Å². The fourth-order valence-electron chi connectivity index (χ4n) is 1.77. The molecule has 0 spiro atoms. The largest absolute Gasteiger partial charge is 0.378 e. The van der Waals surface area contributed by atoms with Crippen molar-refractivity contribution in [2.45, 2.75) is 0 Å². The summed E-state index contributed by atoms with van der Waals surface area (Å²) in [6.45, 7) is 0. The molecule has 0 bridgehead atoms. The van der Waals surface area contributed by atoms with E-state index in [9.17, 15) is 10.1 Å². The van der Waals surface area contributed by atoms with Crippen LogP contribution in [0.5, 0.6) is 0 Å². The van der Waals surface area contributed by atoms with Gasteiger partial charge < -0.3 is 4.90 Å². The number of hydrogen-bond donors (Lipinski definition) is 0. The molecule has 0 atom stereocenters. The lowest BCUT2D eigenvalue weighted by atomic mass is 10.2. The topological polar surface area (TPSA) is 94.9 Å². The van der Waals surface area contributed by atoms with Crippen molar-refractivity contribution in [1.29, 1.82) is 5.26 Å². The third-order valence-corrected chi connectivity index (χ3v) is 2.94. The van der Waals surface area contributed by atoms with Gasteiger partial charge in [-0.15, -0.1) is 0 Å². The molecule has 0 aliphatic rings. The third kappa shape index (κ3) is 3.43. The summed E-state index contributed by atoms with van der Waals surface area (Å²) in [5, 5.41) is 27.7. The Balaban J connectivity index is 2.23. The summed E-state index contributed by atoms with van der Waals surface area (Å²) in [6.07, 6.45) is 0. The Labute approximate surface area is 127 Å². The lowest BCUT2D eigenvalue weighted by molar-refractivity contribution is -0.385. The Bertz CT molecular complexity index is 760. The molecule has 0 unspecified atom stereocenters. The second kappa shape index (κ2) is 6.45. The summed E-state index contributed by atoms with van der Waals surface area (Å²) >= 11 is 0. The fourth-order valence-corrected chi connectivity index (χ4v) is 1.77. The molecule has 2 aromatic rings. The van der Waals surface area contributed by atoms with Gasteiger partial charge in [-0.3, -0.25) is 10.1 Å². The van der Waals surface area contributed by atoms with E-state index in [1.54, 1.807) is 6.07 Å². The van der Waals surface area contributed by atoms with Crippen LogP contribution in [0.1, 0.15) is 5.56 Å². The minimum absolute atomic E-state index is 0.0376. The van der Waals surface area contributed by atoms with Crippen LogP contribution < -0.4 is 4.90 Å². The lowest BCUT2D eigenvalue weighted by Gasteiger charge is -2.11. The molecule has 0 amide bonds. The number of azo groups is 1. The molecule has 7 heteroatoms. The molecule has 0 fully saturated rings. The Morgan fingerprint density at radius 2 is 1.68 bits per heavy atom. The Morgan fingerprint density at radius 3 is 2.23 bits per heavy atom. The van der Waals surface area contributed by atoms with Gasteiger partial charge in [0.2, 0.25) is 0 Å². The van der Waals surface area contributed by atoms with Crippen molar-refractivity contribution in [2.24, 2.45) is 10.2 Å². The van der Waals surface area contributed by atoms with Gasteiger partial charge in [-0.1, -0.05) is 0 Å². The molecule has 0 N–H and O–H groups in total. The first-order valence-corrected chi connectivity index (χ1v) is 6.39. The molecule has 0 saturated carbocycles. The minimum Gasteiger partial charge on any atom is -0.378 e. The predicted molar refractivity (Wildman–Crippen MR) is 82.8 cm³/mol. The molecule has 0 saturated heterocycles. The molecule has 0 heterocycles. The van der Waals surface area contributed by atoms with E-state index >= 15 is 0 Å². The molecule has 2 rings (SSSR count). The molecule has 110 valence electrons. The van der Waals surface area contributed by atoms with Crippen molar-refractivity contribution in [3.05, 3.63) is 58.1 Å². The third-order valence-electron chi connectivity index (χ3n) is 2.94. The Hall–Kier alpha value is -3.27. The van der Waals surface area contributed by atoms with Crippen molar-refractivity contribution >= 4 is 22.7 Å². The van der Waals surface area contributed by atoms with Gasteiger partial charge in [0.05, 0.1) is 16.3 Å². The van der Waals surface area contributed by atoms with Crippen LogP contribution in [0, 0.1) is 21.4 Å². The first-order valence-electron chi connectivity index (χ1n) is 6.39. The fraction of sp³-hybridized carbons (Fsp3) is 0.133. The molecule has 22 heavy (non-hydrogen) atoms. The number of hydrogen-bond acceptors (Lipinski definition) is 6. The van der Waals surface area contributed by atoms with E-state index in [1.807, 2.05) is 43.3 Å². The van der Waals surface area contributed by atoms with Crippen LogP contribution in [0.4, 0.5) is 22.7 Å². The quantitative estimate of drug-likeness (QED) is 0.484. The smallest absolute Gasteiger partial charge is 0.287 e. The van der Waals surface area contributed by atoms with Crippen molar-refractivity contribution in [1.82, 2.24) is 0 Å². The second-order valence-electron chi connectivity index (χ2n) is 4.68. The second-order valence-corrected chi connectivity index (χ2v) is 4.68. The Kier molecular flexibility index (Phi) is 4.44. The van der Waals surface area contributed by atoms with Crippen molar-refractivity contribution in [3.63, 3.8) is 0 Å². The summed E-state index contributed by atoms with van der Waals surface area (Å²) in [5.74, 6) is 0. The predicted octanol–water partition coefficient (Wildman–Crippen LogP) is 3.95. The van der Waals surface area contributed by atoms with Crippen molar-refractivity contribution in [3.8, 4) is 6.07 Å². The van der Waals surface area contributed by atoms with E-state index in [1.165, 1.54) is 18.2 Å². The molecular weight excluding hydrogens is 282 g/mol. The highest BCUT2D eigenvalue weighted by molar-refractivity contribution is 5.56. The summed E-state index contributed by atoms with van der Waals surface area (Å²) in [4.78, 5) is 12.1. The molecule has 0 aromatic heterocycles. The van der Waals surface area contributed by atoms with Crippen LogP contribution >= 0.6 is 0 Å². The average Bonchev–Trinajstić information content (AvgIpc) is 2.52. The van der Waals surface area contributed by atoms with Crippen LogP contribution in [0.2, 0.25) is 0 Å². The zero-order valence-electron chi connectivity index (χ0n) is 12.1. The maximum absolute atomic E-state index is 10.8. The SMILES string of the molecule is CN(C)c1ccc(N=Nc2ccc([N+](=O)[O-])c(C#N)c2)cc1. The van der Waals surface area contributed by atoms with Crippen LogP contribution in [0.25, 0.3) is 0 Å². The number of nitriles is 1. The van der Waals surface area contributed by atoms with Gasteiger partial charge in [0, 0.05) is 25.8 Å². The maximum Gasteiger partial charge on any atom is 0.287 e. The zero-order valence-corrected chi connectivity index (χ0v) is 12.1. The summed E-state index contributed by atoms with van der Waals surface area (Å²) < 4.78 is 0. The molecule has 0 radical (unpaired) electrons. The zero-order chi connectivity index (χ0) is 16.1. The van der Waals surface area contributed by atoms with Gasteiger partial charge >= 0.3 is 0 Å². The summed E-state index contributed by atoms with van der Waals surface area (Å²) in [5.41, 5.74) is 1.81. The normalized spacial score (nSPS) is 10.4. The monoisotopic (exact) mass is 295 g/mol. The van der Waals surface area contributed by atoms with E-state index in [-0.39, 0.29) is 11.3 Å². The van der Waals surface area contributed by atoms with Gasteiger partial charge in [0.25, 0.3) is 5.69 Å². The van der Waals surface area contributed by atoms with E-state index in [4.69, 9.17) is 5.26 Å². The highest BCUT2D eigenvalue weighted by atomic mass is 16.6. The number of rotatable bonds is 4. The van der Waals surface area contributed by atoms with Crippen LogP contribution in [0.15, 0.2) is 52.7 Å². The molecule has 0 aliphatic heterocycles. The number of anilines is 1. The number of nitrogens with zero attached hydrogens (tertiary/aromatic N) is 5. The number of nitro groups is 1. The van der Waals surface area contributed by atoms with Gasteiger partial charge in [-0.2, -0.15) is 15.5 Å². The van der Waals surface area contributed by atoms with Crippen LogP contribution in [0.3, 0.4) is 0 Å². The van der Waals surface area contributed by atoms with E-state index in [2.05, 4.69) is 10.2 Å². The first-order chi connectivity index (χ1) is 10.5. The highest BCUT2D eigenvalue weighted by Gasteiger charge is 2.13. The highest BCUT2D eigenvalue weighted by Crippen LogP contribution is 2.26. The summed E-state index contributed by atoms with van der Waals surface area (Å²) in [7, 11) is 3.88. The molecule has 7 nitrogen and oxygen atoms in total.